The molecule has 1 saturated heterocycles. The summed E-state index contributed by atoms with van der Waals surface area (Å²) in [6.45, 7) is 16.2. The van der Waals surface area contributed by atoms with Crippen molar-refractivity contribution in [3.8, 4) is 0 Å². The summed E-state index contributed by atoms with van der Waals surface area (Å²) in [5, 5.41) is 30.9. The lowest BCUT2D eigenvalue weighted by Gasteiger charge is -2.45. The molecule has 0 spiro atoms. The lowest BCUT2D eigenvalue weighted by Crippen LogP contribution is -2.56. The number of hydrogen-bond acceptors (Lipinski definition) is 7. The van der Waals surface area contributed by atoms with Crippen molar-refractivity contribution in [3.05, 3.63) is 0 Å². The lowest BCUT2D eigenvalue weighted by atomic mass is 9.66. The van der Waals surface area contributed by atoms with E-state index in [9.17, 15) is 19.8 Å². The molecule has 0 aliphatic carbocycles. The van der Waals surface area contributed by atoms with Crippen molar-refractivity contribution in [2.45, 2.75) is 98.6 Å². The van der Waals surface area contributed by atoms with Gasteiger partial charge in [0.15, 0.2) is 0 Å². The van der Waals surface area contributed by atoms with Gasteiger partial charge in [-0.2, -0.15) is 0 Å². The zero-order chi connectivity index (χ0) is 25.2. The summed E-state index contributed by atoms with van der Waals surface area (Å²) in [5.74, 6) is -3.46. The number of nitrogens with one attached hydrogen (secondary N) is 1. The van der Waals surface area contributed by atoms with Crippen molar-refractivity contribution in [2.24, 2.45) is 35.5 Å². The second kappa shape index (κ2) is 10.7. The Morgan fingerprint density at radius 2 is 1.69 bits per heavy atom. The second-order valence-corrected chi connectivity index (χ2v) is 10.6. The first-order valence-corrected chi connectivity index (χ1v) is 11.8. The van der Waals surface area contributed by atoms with Gasteiger partial charge in [-0.3, -0.25) is 9.59 Å². The van der Waals surface area contributed by atoms with E-state index in [0.29, 0.717) is 6.42 Å². The number of ketones is 1. The first kappa shape index (κ1) is 28.7. The van der Waals surface area contributed by atoms with Crippen molar-refractivity contribution in [1.29, 1.82) is 5.41 Å². The van der Waals surface area contributed by atoms with Gasteiger partial charge in [-0.25, -0.2) is 0 Å². The van der Waals surface area contributed by atoms with Crippen LogP contribution in [-0.2, 0) is 19.1 Å². The van der Waals surface area contributed by atoms with Gasteiger partial charge in [0.2, 0.25) is 0 Å². The molecule has 0 aromatic rings. The topological polar surface area (TPSA) is 117 Å². The molecule has 1 unspecified atom stereocenters. The van der Waals surface area contributed by atoms with Crippen LogP contribution in [0.25, 0.3) is 0 Å². The lowest BCUT2D eigenvalue weighted by molar-refractivity contribution is -0.187. The van der Waals surface area contributed by atoms with Gasteiger partial charge in [0.25, 0.3) is 0 Å². The number of carbonyl (C=O) groups is 2. The van der Waals surface area contributed by atoms with Gasteiger partial charge in [0.05, 0.1) is 11.7 Å². The molecular weight excluding hydrogens is 410 g/mol. The molecule has 1 rings (SSSR count). The fourth-order valence-electron chi connectivity index (χ4n) is 5.75. The molecule has 0 radical (unpaired) electrons. The molecule has 1 fully saturated rings. The highest BCUT2D eigenvalue weighted by atomic mass is 16.6. The molecule has 0 aromatic carbocycles. The largest absolute Gasteiger partial charge is 0.459 e. The molecule has 9 atom stereocenters. The number of aliphatic hydroxyl groups excluding tert-OH is 1. The quantitative estimate of drug-likeness (QED) is 0.442. The van der Waals surface area contributed by atoms with E-state index in [1.165, 1.54) is 13.8 Å². The van der Waals surface area contributed by atoms with E-state index in [0.717, 1.165) is 0 Å². The molecule has 0 aromatic heterocycles. The predicted molar refractivity (Wildman–Crippen MR) is 125 cm³/mol. The Kier molecular flexibility index (Phi) is 9.64. The first-order valence-electron chi connectivity index (χ1n) is 11.8. The number of cyclic esters (lactones) is 1. The Bertz CT molecular complexity index is 690. The molecule has 7 heteroatoms. The van der Waals surface area contributed by atoms with Crippen LogP contribution in [0.1, 0.15) is 75.2 Å². The first-order chi connectivity index (χ1) is 14.6. The van der Waals surface area contributed by atoms with Crippen molar-refractivity contribution in [1.82, 2.24) is 0 Å². The number of hydrogen-bond donors (Lipinski definition) is 3. The Morgan fingerprint density at radius 1 is 1.16 bits per heavy atom. The molecule has 3 N–H and O–H groups in total. The van der Waals surface area contributed by atoms with Gasteiger partial charge in [0.1, 0.15) is 23.4 Å². The molecular formula is C25H45NO6. The number of Topliss-reactive ketones (excluding diaryl/α,β-unsaturated/α-hetero) is 1. The fraction of sp³-hybridized carbons (Fsp3) is 0.880. The van der Waals surface area contributed by atoms with E-state index < -0.39 is 47.1 Å². The molecule has 1 heterocycles. The summed E-state index contributed by atoms with van der Waals surface area (Å²) in [6.07, 6.45) is -1.59. The van der Waals surface area contributed by atoms with E-state index >= 15 is 0 Å². The summed E-state index contributed by atoms with van der Waals surface area (Å²) in [5.41, 5.74) is -2.23. The van der Waals surface area contributed by atoms with E-state index in [1.54, 1.807) is 21.0 Å². The van der Waals surface area contributed by atoms with Gasteiger partial charge in [-0.05, 0) is 51.4 Å². The van der Waals surface area contributed by atoms with Crippen LogP contribution in [0.5, 0.6) is 0 Å². The van der Waals surface area contributed by atoms with Crippen LogP contribution in [0.15, 0.2) is 0 Å². The van der Waals surface area contributed by atoms with Gasteiger partial charge in [0, 0.05) is 24.7 Å². The molecule has 0 saturated carbocycles. The molecule has 1 aliphatic rings. The number of carbonyl (C=O) groups excluding carboxylic acids is 2. The summed E-state index contributed by atoms with van der Waals surface area (Å²) >= 11 is 0. The summed E-state index contributed by atoms with van der Waals surface area (Å²) in [6, 6.07) is 0. The molecule has 32 heavy (non-hydrogen) atoms. The van der Waals surface area contributed by atoms with Crippen molar-refractivity contribution in [3.63, 3.8) is 0 Å². The van der Waals surface area contributed by atoms with Crippen LogP contribution in [0.2, 0.25) is 0 Å². The number of esters is 1. The van der Waals surface area contributed by atoms with Gasteiger partial charge < -0.3 is 25.1 Å². The summed E-state index contributed by atoms with van der Waals surface area (Å²) in [7, 11) is 1.61. The smallest absolute Gasteiger partial charge is 0.316 e. The Morgan fingerprint density at radius 3 is 2.12 bits per heavy atom. The maximum Gasteiger partial charge on any atom is 0.316 e. The third-order valence-corrected chi connectivity index (χ3v) is 7.74. The van der Waals surface area contributed by atoms with Crippen LogP contribution in [0.4, 0.5) is 0 Å². The highest BCUT2D eigenvalue weighted by Crippen LogP contribution is 2.41. The number of aliphatic hydroxyl groups is 2. The number of ether oxygens (including phenoxy) is 2. The molecule has 0 amide bonds. The molecule has 1 aliphatic heterocycles. The van der Waals surface area contributed by atoms with Gasteiger partial charge >= 0.3 is 5.97 Å². The van der Waals surface area contributed by atoms with Gasteiger partial charge in [-0.1, -0.05) is 41.5 Å². The Hall–Kier alpha value is -1.31. The number of methoxy groups -OCH3 is 1. The van der Waals surface area contributed by atoms with Crippen LogP contribution in [0.3, 0.4) is 0 Å². The van der Waals surface area contributed by atoms with Crippen LogP contribution < -0.4 is 0 Å². The van der Waals surface area contributed by atoms with Crippen LogP contribution >= 0.6 is 0 Å². The zero-order valence-corrected chi connectivity index (χ0v) is 21.6. The Balaban J connectivity index is 3.61. The van der Waals surface area contributed by atoms with Crippen LogP contribution in [0, 0.1) is 40.9 Å². The van der Waals surface area contributed by atoms with Crippen molar-refractivity contribution >= 4 is 17.5 Å². The normalized spacial score (nSPS) is 43.2. The van der Waals surface area contributed by atoms with Crippen LogP contribution in [-0.4, -0.2) is 58.2 Å². The standard InChI is InChI=1S/C25H45NO6/c1-11-18-25(9,30)22(28)16(6)20(26)14(4)12-24(8,31-10)19(13(2)3)15(5)21(27)17(7)23(29)32-18/h13-19,22,26,28,30H,11-12H2,1-10H3/t14-,15-,16+,17-,18-,19?,22-,24-,25-/m1/s1. The van der Waals surface area contributed by atoms with Gasteiger partial charge in [-0.15, -0.1) is 0 Å². The second-order valence-electron chi connectivity index (χ2n) is 10.6. The minimum atomic E-state index is -1.78. The highest BCUT2D eigenvalue weighted by Gasteiger charge is 2.49. The van der Waals surface area contributed by atoms with E-state index in [-0.39, 0.29) is 35.7 Å². The van der Waals surface area contributed by atoms with Crippen molar-refractivity contribution in [2.75, 3.05) is 7.11 Å². The third-order valence-electron chi connectivity index (χ3n) is 7.74. The minimum Gasteiger partial charge on any atom is -0.459 e. The monoisotopic (exact) mass is 455 g/mol. The third kappa shape index (κ3) is 5.60. The SMILES string of the molecule is CC[C@H]1OC(=O)[C@H](C)C(=O)[C@H](C)C(C(C)C)[C@](C)(OC)C[C@@H](C)C(=N)[C@H](C)[C@@H](O)[C@]1(C)O. The average Bonchev–Trinajstić information content (AvgIpc) is 2.73. The van der Waals surface area contributed by atoms with E-state index in [2.05, 4.69) is 0 Å². The van der Waals surface area contributed by atoms with Crippen molar-refractivity contribution < 1.29 is 29.3 Å². The minimum absolute atomic E-state index is 0.0866. The molecule has 0 bridgehead atoms. The molecule has 7 nitrogen and oxygen atoms in total. The maximum atomic E-state index is 13.4. The average molecular weight is 456 g/mol. The molecule has 186 valence electrons. The Labute approximate surface area is 193 Å². The zero-order valence-electron chi connectivity index (χ0n) is 21.6. The summed E-state index contributed by atoms with van der Waals surface area (Å²) < 4.78 is 11.5. The number of rotatable bonds is 3. The summed E-state index contributed by atoms with van der Waals surface area (Å²) in [4.78, 5) is 26.3. The highest BCUT2D eigenvalue weighted by molar-refractivity contribution is 6.00. The maximum absolute atomic E-state index is 13.4. The predicted octanol–water partition coefficient (Wildman–Crippen LogP) is 3.63. The van der Waals surface area contributed by atoms with E-state index in [1.807, 2.05) is 34.6 Å². The van der Waals surface area contributed by atoms with E-state index in [4.69, 9.17) is 14.9 Å². The fourth-order valence-corrected chi connectivity index (χ4v) is 5.75.